The summed E-state index contributed by atoms with van der Waals surface area (Å²) in [6, 6.07) is 20.7. The van der Waals surface area contributed by atoms with Crippen LogP contribution in [-0.2, 0) is 0 Å². The van der Waals surface area contributed by atoms with Gasteiger partial charge in [-0.3, -0.25) is 0 Å². The molecule has 0 amide bonds. The van der Waals surface area contributed by atoms with Gasteiger partial charge in [-0.1, -0.05) is 65.8 Å². The monoisotopic (exact) mass is 276 g/mol. The van der Waals surface area contributed by atoms with Gasteiger partial charge in [0, 0.05) is 5.92 Å². The molecule has 4 rings (SSSR count). The minimum absolute atomic E-state index is 0.406. The third kappa shape index (κ3) is 2.11. The maximum absolute atomic E-state index is 5.99. The Balaban J connectivity index is 1.69. The molecule has 3 heteroatoms. The Kier molecular flexibility index (Phi) is 2.78. The molecule has 3 nitrogen and oxygen atoms in total. The van der Waals surface area contributed by atoms with E-state index in [0.29, 0.717) is 17.7 Å². The summed E-state index contributed by atoms with van der Waals surface area (Å²) in [4.78, 5) is 0. The molecule has 0 saturated heterocycles. The van der Waals surface area contributed by atoms with Gasteiger partial charge in [0.1, 0.15) is 0 Å². The van der Waals surface area contributed by atoms with Gasteiger partial charge < -0.3 is 10.3 Å². The smallest absolute Gasteiger partial charge is 0.230 e. The lowest BCUT2D eigenvalue weighted by atomic mass is 10.0. The predicted octanol–water partition coefficient (Wildman–Crippen LogP) is 4.19. The van der Waals surface area contributed by atoms with E-state index in [1.54, 1.807) is 0 Å². The lowest BCUT2D eigenvalue weighted by molar-refractivity contribution is 0.427. The van der Waals surface area contributed by atoms with E-state index in [4.69, 9.17) is 10.3 Å². The molecule has 0 radical (unpaired) electrons. The number of nitrogens with two attached hydrogens (primary N) is 1. The highest BCUT2D eigenvalue weighted by Crippen LogP contribution is 2.56. The first kappa shape index (κ1) is 12.2. The second kappa shape index (κ2) is 4.77. The zero-order chi connectivity index (χ0) is 14.2. The lowest BCUT2D eigenvalue weighted by Crippen LogP contribution is -1.90. The van der Waals surface area contributed by atoms with E-state index in [2.05, 4.69) is 29.4 Å². The summed E-state index contributed by atoms with van der Waals surface area (Å²) in [5, 5.41) is 4.23. The first-order valence-electron chi connectivity index (χ1n) is 7.20. The van der Waals surface area contributed by atoms with Gasteiger partial charge >= 0.3 is 0 Å². The minimum Gasteiger partial charge on any atom is -0.367 e. The summed E-state index contributed by atoms with van der Waals surface area (Å²) < 4.78 is 5.26. The van der Waals surface area contributed by atoms with E-state index in [9.17, 15) is 0 Å². The molecule has 1 aliphatic rings. The first-order chi connectivity index (χ1) is 10.3. The highest BCUT2D eigenvalue weighted by atomic mass is 16.5. The van der Waals surface area contributed by atoms with Crippen LogP contribution in [0.5, 0.6) is 0 Å². The largest absolute Gasteiger partial charge is 0.367 e. The van der Waals surface area contributed by atoms with Crippen molar-refractivity contribution >= 4 is 5.88 Å². The van der Waals surface area contributed by atoms with Crippen molar-refractivity contribution < 1.29 is 4.52 Å². The van der Waals surface area contributed by atoms with Gasteiger partial charge in [-0.25, -0.2) is 0 Å². The van der Waals surface area contributed by atoms with E-state index in [0.717, 1.165) is 23.2 Å². The number of hydrogen-bond donors (Lipinski definition) is 1. The number of anilines is 1. The maximum atomic E-state index is 5.99. The summed E-state index contributed by atoms with van der Waals surface area (Å²) in [6.45, 7) is 0. The molecule has 0 aliphatic heterocycles. The van der Waals surface area contributed by atoms with Gasteiger partial charge in [-0.15, -0.1) is 0 Å². The van der Waals surface area contributed by atoms with Gasteiger partial charge in [0.2, 0.25) is 5.88 Å². The molecule has 0 spiro atoms. The van der Waals surface area contributed by atoms with Crippen molar-refractivity contribution in [2.45, 2.75) is 18.3 Å². The topological polar surface area (TPSA) is 52.0 Å². The second-order valence-corrected chi connectivity index (χ2v) is 5.53. The van der Waals surface area contributed by atoms with Crippen LogP contribution >= 0.6 is 0 Å². The number of rotatable bonds is 3. The standard InChI is InChI=1S/C18H16N2O/c19-18-16(13-9-5-2-6-10-13)17(20-21-18)15-11-14(15)12-7-3-1-4-8-12/h1-10,14-15H,11,19H2. The molecule has 21 heavy (non-hydrogen) atoms. The number of aromatic nitrogens is 1. The molecule has 2 unspecified atom stereocenters. The number of hydrogen-bond acceptors (Lipinski definition) is 3. The quantitative estimate of drug-likeness (QED) is 0.780. The number of benzene rings is 2. The minimum atomic E-state index is 0.406. The Hall–Kier alpha value is -2.55. The zero-order valence-corrected chi connectivity index (χ0v) is 11.6. The number of nitrogen functional groups attached to an aromatic ring is 1. The van der Waals surface area contributed by atoms with Gasteiger partial charge in [0.15, 0.2) is 0 Å². The van der Waals surface area contributed by atoms with Gasteiger partial charge in [0.25, 0.3) is 0 Å². The molecule has 2 aromatic carbocycles. The fourth-order valence-electron chi connectivity index (χ4n) is 3.03. The Labute approximate surface area is 123 Å². The Morgan fingerprint density at radius 2 is 1.57 bits per heavy atom. The third-order valence-electron chi connectivity index (χ3n) is 4.18. The normalized spacial score (nSPS) is 20.4. The SMILES string of the molecule is Nc1onc(C2CC2c2ccccc2)c1-c1ccccc1. The zero-order valence-electron chi connectivity index (χ0n) is 11.6. The molecule has 1 saturated carbocycles. The molecule has 2 atom stereocenters. The molecule has 1 aliphatic carbocycles. The summed E-state index contributed by atoms with van der Waals surface area (Å²) >= 11 is 0. The van der Waals surface area contributed by atoms with Gasteiger partial charge in [-0.05, 0) is 23.5 Å². The highest BCUT2D eigenvalue weighted by Gasteiger charge is 2.43. The molecular formula is C18H16N2O. The van der Waals surface area contributed by atoms with Crippen LogP contribution < -0.4 is 5.73 Å². The fraction of sp³-hybridized carbons (Fsp3) is 0.167. The summed E-state index contributed by atoms with van der Waals surface area (Å²) in [6.07, 6.45) is 1.11. The molecule has 104 valence electrons. The van der Waals surface area contributed by atoms with Crippen LogP contribution in [0.3, 0.4) is 0 Å². The van der Waals surface area contributed by atoms with Gasteiger partial charge in [-0.2, -0.15) is 0 Å². The summed E-state index contributed by atoms with van der Waals surface area (Å²) in [5.41, 5.74) is 10.4. The highest BCUT2D eigenvalue weighted by molar-refractivity contribution is 5.76. The van der Waals surface area contributed by atoms with Crippen LogP contribution in [0.25, 0.3) is 11.1 Å². The van der Waals surface area contributed by atoms with Crippen molar-refractivity contribution in [1.82, 2.24) is 5.16 Å². The van der Waals surface area contributed by atoms with E-state index in [-0.39, 0.29) is 0 Å². The first-order valence-corrected chi connectivity index (χ1v) is 7.20. The molecule has 2 N–H and O–H groups in total. The van der Waals surface area contributed by atoms with Crippen molar-refractivity contribution in [2.75, 3.05) is 5.73 Å². The van der Waals surface area contributed by atoms with E-state index in [1.165, 1.54) is 5.56 Å². The van der Waals surface area contributed by atoms with Gasteiger partial charge in [0.05, 0.1) is 11.3 Å². The van der Waals surface area contributed by atoms with E-state index in [1.807, 2.05) is 36.4 Å². The average Bonchev–Trinajstić information content (AvgIpc) is 3.25. The summed E-state index contributed by atoms with van der Waals surface area (Å²) in [7, 11) is 0. The Morgan fingerprint density at radius 3 is 2.29 bits per heavy atom. The Bertz CT molecular complexity index is 749. The summed E-state index contributed by atoms with van der Waals surface area (Å²) in [5.74, 6) is 1.34. The third-order valence-corrected chi connectivity index (χ3v) is 4.18. The molecule has 3 aromatic rings. The predicted molar refractivity (Wildman–Crippen MR) is 82.9 cm³/mol. The van der Waals surface area contributed by atoms with Crippen molar-refractivity contribution in [1.29, 1.82) is 0 Å². The molecule has 0 bridgehead atoms. The maximum Gasteiger partial charge on any atom is 0.230 e. The van der Waals surface area contributed by atoms with Crippen LogP contribution in [0.1, 0.15) is 29.5 Å². The molecular weight excluding hydrogens is 260 g/mol. The van der Waals surface area contributed by atoms with Crippen molar-refractivity contribution in [3.63, 3.8) is 0 Å². The molecule has 1 fully saturated rings. The Morgan fingerprint density at radius 1 is 0.905 bits per heavy atom. The average molecular weight is 276 g/mol. The molecule has 1 heterocycles. The van der Waals surface area contributed by atoms with Crippen LogP contribution in [0.15, 0.2) is 65.2 Å². The fourth-order valence-corrected chi connectivity index (χ4v) is 3.03. The van der Waals surface area contributed by atoms with Crippen molar-refractivity contribution in [2.24, 2.45) is 0 Å². The van der Waals surface area contributed by atoms with Crippen LogP contribution in [0.2, 0.25) is 0 Å². The van der Waals surface area contributed by atoms with Crippen molar-refractivity contribution in [3.05, 3.63) is 71.9 Å². The molecule has 1 aromatic heterocycles. The van der Waals surface area contributed by atoms with Crippen LogP contribution in [0.4, 0.5) is 5.88 Å². The second-order valence-electron chi connectivity index (χ2n) is 5.53. The van der Waals surface area contributed by atoms with Crippen LogP contribution in [-0.4, -0.2) is 5.16 Å². The van der Waals surface area contributed by atoms with E-state index < -0.39 is 0 Å². The van der Waals surface area contributed by atoms with E-state index >= 15 is 0 Å². The van der Waals surface area contributed by atoms with Crippen molar-refractivity contribution in [3.8, 4) is 11.1 Å². The lowest BCUT2D eigenvalue weighted by Gasteiger charge is -2.02. The number of nitrogens with zero attached hydrogens (tertiary/aromatic N) is 1. The van der Waals surface area contributed by atoms with Crippen LogP contribution in [0, 0.1) is 0 Å².